The van der Waals surface area contributed by atoms with Crippen molar-refractivity contribution in [3.8, 4) is 5.75 Å². The van der Waals surface area contributed by atoms with E-state index in [2.05, 4.69) is 10.3 Å². The molecule has 28 heavy (non-hydrogen) atoms. The number of hydrogen-bond donors (Lipinski definition) is 1. The molecule has 0 aliphatic carbocycles. The fourth-order valence-electron chi connectivity index (χ4n) is 3.05. The van der Waals surface area contributed by atoms with E-state index in [1.807, 2.05) is 36.6 Å². The van der Waals surface area contributed by atoms with Gasteiger partial charge < -0.3 is 10.1 Å². The van der Waals surface area contributed by atoms with Crippen molar-refractivity contribution in [2.75, 3.05) is 19.3 Å². The number of piperidine rings is 1. The number of hydrogen-bond acceptors (Lipinski definition) is 6. The number of aryl methyl sites for hydroxylation is 1. The number of nitrogens with one attached hydrogen (secondary N) is 1. The molecule has 0 spiro atoms. The lowest BCUT2D eigenvalue weighted by atomic mass is 10.1. The minimum Gasteiger partial charge on any atom is -0.486 e. The van der Waals surface area contributed by atoms with Crippen LogP contribution in [0.2, 0.25) is 0 Å². The summed E-state index contributed by atoms with van der Waals surface area (Å²) in [6.07, 6.45) is 2.69. The molecule has 1 amide bonds. The van der Waals surface area contributed by atoms with Gasteiger partial charge in [-0.1, -0.05) is 17.7 Å². The fourth-order valence-corrected chi connectivity index (χ4v) is 4.63. The summed E-state index contributed by atoms with van der Waals surface area (Å²) in [6.45, 7) is 3.29. The zero-order valence-corrected chi connectivity index (χ0v) is 17.7. The Bertz CT molecular complexity index is 902. The number of thiazole rings is 1. The van der Waals surface area contributed by atoms with Gasteiger partial charge in [0.15, 0.2) is 0 Å². The summed E-state index contributed by atoms with van der Waals surface area (Å²) in [5, 5.41) is 5.68. The first-order chi connectivity index (χ1) is 13.3. The molecule has 2 heterocycles. The standard InChI is InChI=1S/C19H25N3O4S2/c1-14-3-5-17(6-4-14)26-12-19-21-16(13-27-19)11-18(23)20-15-7-9-22(10-8-15)28(2,24)25/h3-6,13,15H,7-12H2,1-2H3,(H,20,23). The summed E-state index contributed by atoms with van der Waals surface area (Å²) in [6, 6.07) is 7.84. The van der Waals surface area contributed by atoms with Crippen LogP contribution in [0.25, 0.3) is 0 Å². The van der Waals surface area contributed by atoms with Crippen molar-refractivity contribution in [3.63, 3.8) is 0 Å². The van der Waals surface area contributed by atoms with Crippen LogP contribution in [-0.4, -0.2) is 49.0 Å². The van der Waals surface area contributed by atoms with Gasteiger partial charge in [-0.05, 0) is 31.9 Å². The average Bonchev–Trinajstić information content (AvgIpc) is 3.08. The molecule has 0 radical (unpaired) electrons. The van der Waals surface area contributed by atoms with E-state index in [0.29, 0.717) is 32.5 Å². The van der Waals surface area contributed by atoms with Crippen LogP contribution in [-0.2, 0) is 27.8 Å². The van der Waals surface area contributed by atoms with E-state index < -0.39 is 10.0 Å². The molecule has 1 saturated heterocycles. The zero-order valence-electron chi connectivity index (χ0n) is 16.1. The van der Waals surface area contributed by atoms with Crippen LogP contribution < -0.4 is 10.1 Å². The molecule has 3 rings (SSSR count). The van der Waals surface area contributed by atoms with Gasteiger partial charge in [0.25, 0.3) is 0 Å². The maximum absolute atomic E-state index is 12.3. The van der Waals surface area contributed by atoms with Crippen LogP contribution in [0.1, 0.15) is 29.1 Å². The van der Waals surface area contributed by atoms with E-state index in [4.69, 9.17) is 4.74 Å². The number of carbonyl (C=O) groups excluding carboxylic acids is 1. The molecule has 1 fully saturated rings. The first kappa shape index (κ1) is 20.8. The SMILES string of the molecule is Cc1ccc(OCc2nc(CC(=O)NC3CCN(S(C)(=O)=O)CC3)cs2)cc1. The van der Waals surface area contributed by atoms with E-state index >= 15 is 0 Å². The number of ether oxygens (including phenoxy) is 1. The highest BCUT2D eigenvalue weighted by Crippen LogP contribution is 2.17. The lowest BCUT2D eigenvalue weighted by Gasteiger charge is -2.30. The van der Waals surface area contributed by atoms with Crippen LogP contribution in [0.15, 0.2) is 29.6 Å². The normalized spacial score (nSPS) is 16.1. The highest BCUT2D eigenvalue weighted by Gasteiger charge is 2.25. The minimum absolute atomic E-state index is 0.00785. The van der Waals surface area contributed by atoms with Crippen LogP contribution in [0.4, 0.5) is 0 Å². The number of sulfonamides is 1. The quantitative estimate of drug-likeness (QED) is 0.737. The van der Waals surface area contributed by atoms with E-state index in [0.717, 1.165) is 16.5 Å². The second-order valence-electron chi connectivity index (χ2n) is 7.01. The van der Waals surface area contributed by atoms with Crippen molar-refractivity contribution in [2.45, 2.75) is 38.8 Å². The largest absolute Gasteiger partial charge is 0.486 e. The maximum atomic E-state index is 12.3. The Labute approximate surface area is 169 Å². The van der Waals surface area contributed by atoms with Gasteiger partial charge in [0, 0.05) is 24.5 Å². The Morgan fingerprint density at radius 1 is 1.29 bits per heavy atom. The van der Waals surface area contributed by atoms with Crippen LogP contribution in [0, 0.1) is 6.92 Å². The van der Waals surface area contributed by atoms with Crippen molar-refractivity contribution >= 4 is 27.3 Å². The molecule has 7 nitrogen and oxygen atoms in total. The second-order valence-corrected chi connectivity index (χ2v) is 9.94. The monoisotopic (exact) mass is 423 g/mol. The van der Waals surface area contributed by atoms with E-state index in [9.17, 15) is 13.2 Å². The van der Waals surface area contributed by atoms with Gasteiger partial charge in [-0.15, -0.1) is 11.3 Å². The smallest absolute Gasteiger partial charge is 0.226 e. The molecule has 1 N–H and O–H groups in total. The Kier molecular flexibility index (Phi) is 6.69. The minimum atomic E-state index is -3.15. The van der Waals surface area contributed by atoms with E-state index in [-0.39, 0.29) is 18.4 Å². The van der Waals surface area contributed by atoms with Gasteiger partial charge in [-0.3, -0.25) is 4.79 Å². The van der Waals surface area contributed by atoms with E-state index in [1.165, 1.54) is 27.5 Å². The third-order valence-electron chi connectivity index (χ3n) is 4.61. The molecule has 0 unspecified atom stereocenters. The van der Waals surface area contributed by atoms with Gasteiger partial charge in [0.05, 0.1) is 18.4 Å². The number of amides is 1. The summed E-state index contributed by atoms with van der Waals surface area (Å²) in [5.41, 5.74) is 1.90. The van der Waals surface area contributed by atoms with Crippen molar-refractivity contribution in [2.24, 2.45) is 0 Å². The highest BCUT2D eigenvalue weighted by atomic mass is 32.2. The van der Waals surface area contributed by atoms with Crippen molar-refractivity contribution in [3.05, 3.63) is 45.9 Å². The predicted molar refractivity (Wildman–Crippen MR) is 109 cm³/mol. The van der Waals surface area contributed by atoms with Crippen molar-refractivity contribution in [1.82, 2.24) is 14.6 Å². The molecule has 2 aromatic rings. The molecular weight excluding hydrogens is 398 g/mol. The fraction of sp³-hybridized carbons (Fsp3) is 0.474. The highest BCUT2D eigenvalue weighted by molar-refractivity contribution is 7.88. The number of carbonyl (C=O) groups is 1. The van der Waals surface area contributed by atoms with Crippen LogP contribution in [0.5, 0.6) is 5.75 Å². The van der Waals surface area contributed by atoms with Crippen molar-refractivity contribution in [1.29, 1.82) is 0 Å². The zero-order chi connectivity index (χ0) is 20.1. The Morgan fingerprint density at radius 2 is 1.96 bits per heavy atom. The first-order valence-corrected chi connectivity index (χ1v) is 11.9. The second kappa shape index (κ2) is 9.02. The molecule has 1 aliphatic heterocycles. The van der Waals surface area contributed by atoms with Crippen molar-refractivity contribution < 1.29 is 17.9 Å². The number of nitrogens with zero attached hydrogens (tertiary/aromatic N) is 2. The van der Waals surface area contributed by atoms with E-state index in [1.54, 1.807) is 0 Å². The average molecular weight is 424 g/mol. The maximum Gasteiger partial charge on any atom is 0.226 e. The number of rotatable bonds is 7. The molecule has 1 aromatic carbocycles. The van der Waals surface area contributed by atoms with Crippen LogP contribution >= 0.6 is 11.3 Å². The Hall–Kier alpha value is -1.97. The third-order valence-corrected chi connectivity index (χ3v) is 6.79. The van der Waals surface area contributed by atoms with Gasteiger partial charge in [0.1, 0.15) is 17.4 Å². The summed E-state index contributed by atoms with van der Waals surface area (Å²) >= 11 is 1.47. The molecule has 152 valence electrons. The lowest BCUT2D eigenvalue weighted by Crippen LogP contribution is -2.46. The predicted octanol–water partition coefficient (Wildman–Crippen LogP) is 2.11. The molecule has 1 aliphatic rings. The van der Waals surface area contributed by atoms with Crippen LogP contribution in [0.3, 0.4) is 0 Å². The van der Waals surface area contributed by atoms with Gasteiger partial charge in [-0.2, -0.15) is 0 Å². The summed E-state index contributed by atoms with van der Waals surface area (Å²) in [4.78, 5) is 16.7. The third kappa shape index (κ3) is 6.02. The van der Waals surface area contributed by atoms with Gasteiger partial charge in [0.2, 0.25) is 15.9 Å². The topological polar surface area (TPSA) is 88.6 Å². The molecule has 0 atom stereocenters. The first-order valence-electron chi connectivity index (χ1n) is 9.17. The summed E-state index contributed by atoms with van der Waals surface area (Å²) < 4.78 is 30.3. The lowest BCUT2D eigenvalue weighted by molar-refractivity contribution is -0.121. The van der Waals surface area contributed by atoms with Gasteiger partial charge in [-0.25, -0.2) is 17.7 Å². The molecular formula is C19H25N3O4S2. The summed E-state index contributed by atoms with van der Waals surface area (Å²) in [5.74, 6) is 0.703. The molecule has 0 saturated carbocycles. The Balaban J connectivity index is 1.43. The number of benzene rings is 1. The Morgan fingerprint density at radius 3 is 2.61 bits per heavy atom. The number of aromatic nitrogens is 1. The summed E-state index contributed by atoms with van der Waals surface area (Å²) in [7, 11) is -3.15. The molecule has 1 aromatic heterocycles. The van der Waals surface area contributed by atoms with Gasteiger partial charge >= 0.3 is 0 Å². The molecule has 9 heteroatoms. The molecule has 0 bridgehead atoms.